The number of hydrogen-bond acceptors (Lipinski definition) is 2. The molecule has 1 heterocycles. The Hall–Kier alpha value is -1.60. The average Bonchev–Trinajstić information content (AvgIpc) is 2.49. The number of quaternary nitrogens is 1. The molecule has 1 saturated heterocycles. The van der Waals surface area contributed by atoms with Gasteiger partial charge in [0.2, 0.25) is 0 Å². The quantitative estimate of drug-likeness (QED) is 0.800. The van der Waals surface area contributed by atoms with Gasteiger partial charge in [-0.05, 0) is 31.4 Å². The van der Waals surface area contributed by atoms with E-state index >= 15 is 0 Å². The minimum absolute atomic E-state index is 0.0955. The van der Waals surface area contributed by atoms with Crippen LogP contribution in [0.5, 0.6) is 0 Å². The van der Waals surface area contributed by atoms with Crippen LogP contribution in [0.4, 0.5) is 18.9 Å². The van der Waals surface area contributed by atoms with E-state index in [4.69, 9.17) is 4.74 Å². The van der Waals surface area contributed by atoms with E-state index in [-0.39, 0.29) is 18.3 Å². The second kappa shape index (κ2) is 7.60. The molecular formula is C15H20F3N2O2+. The van der Waals surface area contributed by atoms with Gasteiger partial charge in [0.1, 0.15) is 12.6 Å². The smallest absolute Gasteiger partial charge is 0.279 e. The lowest BCUT2D eigenvalue weighted by Gasteiger charge is -2.25. The molecular weight excluding hydrogens is 297 g/mol. The first kappa shape index (κ1) is 16.8. The van der Waals surface area contributed by atoms with Crippen molar-refractivity contribution in [1.82, 2.24) is 0 Å². The van der Waals surface area contributed by atoms with Gasteiger partial charge in [-0.25, -0.2) is 13.2 Å². The molecule has 4 nitrogen and oxygen atoms in total. The fourth-order valence-electron chi connectivity index (χ4n) is 2.52. The normalized spacial score (nSPS) is 19.7. The summed E-state index contributed by atoms with van der Waals surface area (Å²) in [5.41, 5.74) is -0.356. The second-order valence-electron chi connectivity index (χ2n) is 5.60. The number of carbonyl (C=O) groups is 1. The lowest BCUT2D eigenvalue weighted by atomic mass is 10.1. The van der Waals surface area contributed by atoms with Crippen molar-refractivity contribution in [2.24, 2.45) is 0 Å². The zero-order valence-corrected chi connectivity index (χ0v) is 12.4. The molecule has 22 heavy (non-hydrogen) atoms. The van der Waals surface area contributed by atoms with E-state index in [2.05, 4.69) is 5.32 Å². The number of nitrogens with one attached hydrogen (secondary N) is 2. The van der Waals surface area contributed by atoms with Crippen molar-refractivity contribution >= 4 is 11.6 Å². The molecule has 1 amide bonds. The number of carbonyl (C=O) groups excluding carboxylic acids is 1. The number of anilines is 1. The highest BCUT2D eigenvalue weighted by atomic mass is 19.2. The highest BCUT2D eigenvalue weighted by Crippen LogP contribution is 2.19. The van der Waals surface area contributed by atoms with Crippen LogP contribution in [0.15, 0.2) is 12.1 Å². The molecule has 1 aliphatic heterocycles. The summed E-state index contributed by atoms with van der Waals surface area (Å²) in [7, 11) is 1.83. The van der Waals surface area contributed by atoms with Gasteiger partial charge in [0.05, 0.1) is 12.7 Å². The summed E-state index contributed by atoms with van der Waals surface area (Å²) in [6, 6.07) is 1.78. The lowest BCUT2D eigenvalue weighted by molar-refractivity contribution is -0.874. The second-order valence-corrected chi connectivity index (χ2v) is 5.60. The zero-order chi connectivity index (χ0) is 16.1. The first-order valence-electron chi connectivity index (χ1n) is 7.33. The van der Waals surface area contributed by atoms with E-state index in [1.54, 1.807) is 0 Å². The number of likely N-dealkylation sites (N-methyl/N-ethyl adjacent to an activating group) is 1. The summed E-state index contributed by atoms with van der Waals surface area (Å²) < 4.78 is 45.0. The fraction of sp³-hybridized carbons (Fsp3) is 0.533. The predicted octanol–water partition coefficient (Wildman–Crippen LogP) is 1.13. The highest BCUT2D eigenvalue weighted by Gasteiger charge is 2.21. The molecule has 0 bridgehead atoms. The molecule has 122 valence electrons. The van der Waals surface area contributed by atoms with Crippen LogP contribution >= 0.6 is 0 Å². The molecule has 1 aromatic carbocycles. The van der Waals surface area contributed by atoms with E-state index in [0.717, 1.165) is 42.9 Å². The van der Waals surface area contributed by atoms with Gasteiger partial charge >= 0.3 is 0 Å². The van der Waals surface area contributed by atoms with Crippen molar-refractivity contribution in [2.75, 3.05) is 32.1 Å². The molecule has 0 radical (unpaired) electrons. The summed E-state index contributed by atoms with van der Waals surface area (Å²) in [4.78, 5) is 12.8. The maximum absolute atomic E-state index is 13.5. The Labute approximate surface area is 127 Å². The van der Waals surface area contributed by atoms with Crippen LogP contribution < -0.4 is 10.2 Å². The summed E-state index contributed by atoms with van der Waals surface area (Å²) in [5, 5.41) is 2.26. The Kier molecular flexibility index (Phi) is 5.79. The summed E-state index contributed by atoms with van der Waals surface area (Å²) in [5.74, 6) is -4.72. The Bertz CT molecular complexity index is 534. The van der Waals surface area contributed by atoms with Crippen LogP contribution in [0.3, 0.4) is 0 Å². The number of ether oxygens (including phenoxy) is 1. The number of halogens is 3. The van der Waals surface area contributed by atoms with Gasteiger partial charge in [0.15, 0.2) is 24.0 Å². The molecule has 7 heteroatoms. The van der Waals surface area contributed by atoms with Crippen molar-refractivity contribution in [3.8, 4) is 0 Å². The van der Waals surface area contributed by atoms with E-state index in [1.807, 2.05) is 7.05 Å². The maximum Gasteiger partial charge on any atom is 0.279 e. The van der Waals surface area contributed by atoms with Gasteiger partial charge in [-0.3, -0.25) is 4.79 Å². The van der Waals surface area contributed by atoms with E-state index in [1.165, 1.54) is 0 Å². The van der Waals surface area contributed by atoms with E-state index in [0.29, 0.717) is 6.54 Å². The molecule has 0 aliphatic carbocycles. The van der Waals surface area contributed by atoms with Crippen LogP contribution in [0.25, 0.3) is 0 Å². The fourth-order valence-corrected chi connectivity index (χ4v) is 2.52. The molecule has 1 aliphatic rings. The van der Waals surface area contributed by atoms with E-state index in [9.17, 15) is 18.0 Å². The Morgan fingerprint density at radius 3 is 2.77 bits per heavy atom. The summed E-state index contributed by atoms with van der Waals surface area (Å²) >= 11 is 0. The average molecular weight is 317 g/mol. The Balaban J connectivity index is 1.85. The summed E-state index contributed by atoms with van der Waals surface area (Å²) in [6.07, 6.45) is 3.27. The monoisotopic (exact) mass is 317 g/mol. The van der Waals surface area contributed by atoms with Crippen molar-refractivity contribution < 1.29 is 27.6 Å². The molecule has 2 rings (SSSR count). The molecule has 0 spiro atoms. The van der Waals surface area contributed by atoms with Gasteiger partial charge in [0, 0.05) is 6.61 Å². The SMILES string of the molecule is C[NH+](CC(=O)Nc1ccc(F)c(F)c1F)C[C@@H]1CCCCO1. The molecule has 0 saturated carbocycles. The van der Waals surface area contributed by atoms with Crippen LogP contribution in [0.2, 0.25) is 0 Å². The minimum Gasteiger partial charge on any atom is -0.372 e. The molecule has 0 aromatic heterocycles. The Morgan fingerprint density at radius 2 is 2.09 bits per heavy atom. The maximum atomic E-state index is 13.5. The van der Waals surface area contributed by atoms with Crippen molar-refractivity contribution in [2.45, 2.75) is 25.4 Å². The topological polar surface area (TPSA) is 42.8 Å². The van der Waals surface area contributed by atoms with Crippen LogP contribution in [-0.4, -0.2) is 38.8 Å². The van der Waals surface area contributed by atoms with Gasteiger partial charge in [-0.2, -0.15) is 0 Å². The molecule has 1 aromatic rings. The Morgan fingerprint density at radius 1 is 1.32 bits per heavy atom. The van der Waals surface area contributed by atoms with Gasteiger partial charge in [-0.1, -0.05) is 0 Å². The van der Waals surface area contributed by atoms with Crippen molar-refractivity contribution in [3.05, 3.63) is 29.6 Å². The van der Waals surface area contributed by atoms with Crippen LogP contribution in [0, 0.1) is 17.5 Å². The third-order valence-corrected chi connectivity index (χ3v) is 3.62. The number of amides is 1. The molecule has 1 unspecified atom stereocenters. The molecule has 2 N–H and O–H groups in total. The largest absolute Gasteiger partial charge is 0.372 e. The third kappa shape index (κ3) is 4.45. The third-order valence-electron chi connectivity index (χ3n) is 3.62. The number of benzene rings is 1. The molecule has 1 fully saturated rings. The number of hydrogen-bond donors (Lipinski definition) is 2. The zero-order valence-electron chi connectivity index (χ0n) is 12.4. The standard InChI is InChI=1S/C15H19F3N2O2/c1-20(8-10-4-2-3-7-22-10)9-13(21)19-12-6-5-11(16)14(17)15(12)18/h5-6,10H,2-4,7-9H2,1H3,(H,19,21)/p+1/t10-/m0/s1. The summed E-state index contributed by atoms with van der Waals surface area (Å²) in [6.45, 7) is 1.51. The highest BCUT2D eigenvalue weighted by molar-refractivity contribution is 5.91. The lowest BCUT2D eigenvalue weighted by Crippen LogP contribution is -3.11. The van der Waals surface area contributed by atoms with Crippen molar-refractivity contribution in [1.29, 1.82) is 0 Å². The van der Waals surface area contributed by atoms with Gasteiger partial charge < -0.3 is 15.0 Å². The van der Waals surface area contributed by atoms with Gasteiger partial charge in [0.25, 0.3) is 5.91 Å². The van der Waals surface area contributed by atoms with Crippen LogP contribution in [-0.2, 0) is 9.53 Å². The number of rotatable bonds is 5. The van der Waals surface area contributed by atoms with Crippen LogP contribution in [0.1, 0.15) is 19.3 Å². The minimum atomic E-state index is -1.59. The predicted molar refractivity (Wildman–Crippen MR) is 75.2 cm³/mol. The molecule has 2 atom stereocenters. The van der Waals surface area contributed by atoms with E-state index < -0.39 is 23.4 Å². The first-order valence-corrected chi connectivity index (χ1v) is 7.33. The van der Waals surface area contributed by atoms with Crippen molar-refractivity contribution in [3.63, 3.8) is 0 Å². The van der Waals surface area contributed by atoms with Gasteiger partial charge in [-0.15, -0.1) is 0 Å². The first-order chi connectivity index (χ1) is 10.5.